The summed E-state index contributed by atoms with van der Waals surface area (Å²) in [6.07, 6.45) is 2.03. The molecule has 1 aromatic rings. The van der Waals surface area contributed by atoms with Gasteiger partial charge in [-0.05, 0) is 17.5 Å². The monoisotopic (exact) mass is 310 g/mol. The highest BCUT2D eigenvalue weighted by Gasteiger charge is 2.35. The summed E-state index contributed by atoms with van der Waals surface area (Å²) in [5.74, 6) is 1.89. The average Bonchev–Trinajstić information content (AvgIpc) is 3.05. The lowest BCUT2D eigenvalue weighted by molar-refractivity contribution is -0.139. The molecule has 2 amide bonds. The molecular weight excluding hydrogens is 288 g/mol. The zero-order valence-corrected chi connectivity index (χ0v) is 13.5. The van der Waals surface area contributed by atoms with E-state index in [1.807, 2.05) is 26.8 Å². The molecule has 1 fully saturated rings. The van der Waals surface area contributed by atoms with E-state index in [0.717, 1.165) is 0 Å². The Labute approximate surface area is 129 Å². The van der Waals surface area contributed by atoms with Crippen molar-refractivity contribution >= 4 is 23.6 Å². The van der Waals surface area contributed by atoms with Crippen molar-refractivity contribution in [3.8, 4) is 0 Å². The highest BCUT2D eigenvalue weighted by atomic mass is 32.2. The molecule has 2 rings (SSSR count). The van der Waals surface area contributed by atoms with Crippen LogP contribution in [0.3, 0.4) is 0 Å². The Bertz CT molecular complexity index is 494. The average molecular weight is 310 g/mol. The Kier molecular flexibility index (Phi) is 4.98. The van der Waals surface area contributed by atoms with Crippen molar-refractivity contribution in [1.29, 1.82) is 0 Å². The van der Waals surface area contributed by atoms with Crippen LogP contribution in [0.2, 0.25) is 0 Å². The quantitative estimate of drug-likeness (QED) is 0.926. The van der Waals surface area contributed by atoms with Crippen LogP contribution in [0, 0.1) is 5.41 Å². The number of carbonyl (C=O) groups is 2. The number of rotatable bonds is 4. The molecule has 1 aliphatic rings. The lowest BCUT2D eigenvalue weighted by atomic mass is 9.91. The Morgan fingerprint density at radius 3 is 2.86 bits per heavy atom. The number of furan rings is 1. The Hall–Kier alpha value is -1.43. The summed E-state index contributed by atoms with van der Waals surface area (Å²) in [5, 5.41) is 2.83. The van der Waals surface area contributed by atoms with E-state index in [0.29, 0.717) is 30.4 Å². The van der Waals surface area contributed by atoms with Crippen molar-refractivity contribution in [1.82, 2.24) is 10.2 Å². The van der Waals surface area contributed by atoms with Crippen molar-refractivity contribution in [2.75, 3.05) is 11.6 Å². The Balaban J connectivity index is 1.91. The predicted molar refractivity (Wildman–Crippen MR) is 82.6 cm³/mol. The van der Waals surface area contributed by atoms with Crippen LogP contribution in [0.15, 0.2) is 22.8 Å². The van der Waals surface area contributed by atoms with Gasteiger partial charge >= 0.3 is 0 Å². The van der Waals surface area contributed by atoms with Gasteiger partial charge in [-0.3, -0.25) is 9.59 Å². The molecule has 21 heavy (non-hydrogen) atoms. The third-order valence-electron chi connectivity index (χ3n) is 3.20. The van der Waals surface area contributed by atoms with Crippen LogP contribution >= 0.6 is 11.8 Å². The van der Waals surface area contributed by atoms with Crippen molar-refractivity contribution in [3.63, 3.8) is 0 Å². The van der Waals surface area contributed by atoms with Crippen LogP contribution in [0.5, 0.6) is 0 Å². The maximum Gasteiger partial charge on any atom is 0.244 e. The van der Waals surface area contributed by atoms with Crippen molar-refractivity contribution in [2.45, 2.75) is 39.8 Å². The van der Waals surface area contributed by atoms with Crippen LogP contribution in [-0.4, -0.2) is 34.4 Å². The maximum absolute atomic E-state index is 12.3. The lowest BCUT2D eigenvalue weighted by Gasteiger charge is -2.26. The molecule has 0 saturated carbocycles. The number of hydrogen-bond acceptors (Lipinski definition) is 4. The summed E-state index contributed by atoms with van der Waals surface area (Å²) in [5.41, 5.74) is -0.0699. The first-order valence-electron chi connectivity index (χ1n) is 7.04. The maximum atomic E-state index is 12.3. The number of thioether (sulfide) groups is 1. The van der Waals surface area contributed by atoms with E-state index in [1.54, 1.807) is 29.0 Å². The van der Waals surface area contributed by atoms with Gasteiger partial charge in [0.05, 0.1) is 18.7 Å². The molecular formula is C15H22N2O3S. The minimum Gasteiger partial charge on any atom is -0.467 e. The first kappa shape index (κ1) is 15.9. The lowest BCUT2D eigenvalue weighted by Crippen LogP contribution is -2.47. The molecule has 0 aromatic carbocycles. The summed E-state index contributed by atoms with van der Waals surface area (Å²) in [6, 6.07) is 3.22. The standard InChI is InChI=1S/C15H22N2O3S/c1-15(2,3)7-13(18)17-10-21-9-12(17)14(19)16-8-11-5-4-6-20-11/h4-6,12H,7-10H2,1-3H3,(H,16,19). The van der Waals surface area contributed by atoms with E-state index < -0.39 is 0 Å². The Morgan fingerprint density at radius 1 is 1.48 bits per heavy atom. The third-order valence-corrected chi connectivity index (χ3v) is 4.22. The third kappa shape index (κ3) is 4.52. The van der Waals surface area contributed by atoms with Crippen molar-refractivity contribution in [3.05, 3.63) is 24.2 Å². The van der Waals surface area contributed by atoms with Gasteiger partial charge in [0, 0.05) is 12.2 Å². The molecule has 0 bridgehead atoms. The SMILES string of the molecule is CC(C)(C)CC(=O)N1CSCC1C(=O)NCc1ccco1. The minimum atomic E-state index is -0.375. The second-order valence-electron chi connectivity index (χ2n) is 6.41. The van der Waals surface area contributed by atoms with Crippen LogP contribution < -0.4 is 5.32 Å². The van der Waals surface area contributed by atoms with Gasteiger partial charge in [-0.1, -0.05) is 20.8 Å². The van der Waals surface area contributed by atoms with Gasteiger partial charge in [0.25, 0.3) is 0 Å². The second-order valence-corrected chi connectivity index (χ2v) is 7.41. The van der Waals surface area contributed by atoms with Gasteiger partial charge < -0.3 is 14.6 Å². The summed E-state index contributed by atoms with van der Waals surface area (Å²) < 4.78 is 5.19. The van der Waals surface area contributed by atoms with E-state index in [1.165, 1.54) is 0 Å². The fourth-order valence-electron chi connectivity index (χ4n) is 2.17. The molecule has 1 saturated heterocycles. The predicted octanol–water partition coefficient (Wildman–Crippen LogP) is 2.23. The van der Waals surface area contributed by atoms with Gasteiger partial charge in [0.2, 0.25) is 11.8 Å². The first-order chi connectivity index (χ1) is 9.87. The molecule has 1 aromatic heterocycles. The van der Waals surface area contributed by atoms with Crippen LogP contribution in [-0.2, 0) is 16.1 Å². The summed E-state index contributed by atoms with van der Waals surface area (Å²) in [4.78, 5) is 26.3. The number of amides is 2. The molecule has 2 heterocycles. The number of nitrogens with zero attached hydrogens (tertiary/aromatic N) is 1. The number of hydrogen-bond donors (Lipinski definition) is 1. The van der Waals surface area contributed by atoms with Gasteiger partial charge in [0.1, 0.15) is 11.8 Å². The Morgan fingerprint density at radius 2 is 2.24 bits per heavy atom. The molecule has 116 valence electrons. The normalized spacial score (nSPS) is 18.8. The summed E-state index contributed by atoms with van der Waals surface area (Å²) >= 11 is 1.62. The van der Waals surface area contributed by atoms with Crippen LogP contribution in [0.1, 0.15) is 33.0 Å². The van der Waals surface area contributed by atoms with E-state index in [4.69, 9.17) is 4.42 Å². The van der Waals surface area contributed by atoms with Gasteiger partial charge in [0.15, 0.2) is 0 Å². The fourth-order valence-corrected chi connectivity index (χ4v) is 3.35. The van der Waals surface area contributed by atoms with Crippen molar-refractivity contribution < 1.29 is 14.0 Å². The fraction of sp³-hybridized carbons (Fsp3) is 0.600. The molecule has 1 atom stereocenters. The van der Waals surface area contributed by atoms with E-state index >= 15 is 0 Å². The van der Waals surface area contributed by atoms with Gasteiger partial charge in [-0.25, -0.2) is 0 Å². The van der Waals surface area contributed by atoms with Crippen molar-refractivity contribution in [2.24, 2.45) is 5.41 Å². The molecule has 1 N–H and O–H groups in total. The van der Waals surface area contributed by atoms with E-state index in [-0.39, 0.29) is 23.3 Å². The molecule has 1 unspecified atom stereocenters. The summed E-state index contributed by atoms with van der Waals surface area (Å²) in [6.45, 7) is 6.44. The summed E-state index contributed by atoms with van der Waals surface area (Å²) in [7, 11) is 0. The second kappa shape index (κ2) is 6.56. The zero-order valence-electron chi connectivity index (χ0n) is 12.7. The molecule has 1 aliphatic heterocycles. The van der Waals surface area contributed by atoms with Crippen LogP contribution in [0.4, 0.5) is 0 Å². The van der Waals surface area contributed by atoms with Crippen LogP contribution in [0.25, 0.3) is 0 Å². The minimum absolute atomic E-state index is 0.0469. The molecule has 0 radical (unpaired) electrons. The molecule has 5 nitrogen and oxygen atoms in total. The van der Waals surface area contributed by atoms with Gasteiger partial charge in [-0.2, -0.15) is 0 Å². The largest absolute Gasteiger partial charge is 0.467 e. The number of nitrogens with one attached hydrogen (secondary N) is 1. The topological polar surface area (TPSA) is 62.6 Å². The van der Waals surface area contributed by atoms with E-state index in [9.17, 15) is 9.59 Å². The molecule has 0 spiro atoms. The smallest absolute Gasteiger partial charge is 0.244 e. The number of carbonyl (C=O) groups excluding carboxylic acids is 2. The highest BCUT2D eigenvalue weighted by molar-refractivity contribution is 7.99. The first-order valence-corrected chi connectivity index (χ1v) is 8.19. The molecule has 0 aliphatic carbocycles. The zero-order chi connectivity index (χ0) is 15.5. The highest BCUT2D eigenvalue weighted by Crippen LogP contribution is 2.26. The molecule has 6 heteroatoms. The van der Waals surface area contributed by atoms with Gasteiger partial charge in [-0.15, -0.1) is 11.8 Å². The van der Waals surface area contributed by atoms with E-state index in [2.05, 4.69) is 5.32 Å².